The van der Waals surface area contributed by atoms with Crippen LogP contribution in [0.25, 0.3) is 0 Å². The molecule has 1 atom stereocenters. The van der Waals surface area contributed by atoms with Crippen LogP contribution in [0.1, 0.15) is 31.0 Å². The lowest BCUT2D eigenvalue weighted by molar-refractivity contribution is 0.610. The molecule has 1 unspecified atom stereocenters. The molecule has 2 aromatic rings. The van der Waals surface area contributed by atoms with E-state index in [-0.39, 0.29) is 0 Å². The van der Waals surface area contributed by atoms with Gasteiger partial charge in [0.15, 0.2) is 0 Å². The van der Waals surface area contributed by atoms with Gasteiger partial charge >= 0.3 is 0 Å². The average Bonchev–Trinajstić information content (AvgIpc) is 2.67. The third-order valence-corrected chi connectivity index (χ3v) is 3.80. The van der Waals surface area contributed by atoms with Gasteiger partial charge in [0.2, 0.25) is 0 Å². The number of nitrogens with zero attached hydrogens (tertiary/aromatic N) is 2. The highest BCUT2D eigenvalue weighted by Gasteiger charge is 2.21. The largest absolute Gasteiger partial charge is 0.255 e. The minimum Gasteiger partial charge on any atom is -0.255 e. The zero-order valence-electron chi connectivity index (χ0n) is 11.2. The maximum Gasteiger partial charge on any atom is 0.0847 e. The highest BCUT2D eigenvalue weighted by molar-refractivity contribution is 6.02. The van der Waals surface area contributed by atoms with Gasteiger partial charge in [-0.05, 0) is 43.0 Å². The smallest absolute Gasteiger partial charge is 0.0847 e. The van der Waals surface area contributed by atoms with Crippen LogP contribution in [0, 0.1) is 5.92 Å². The van der Waals surface area contributed by atoms with Gasteiger partial charge in [-0.15, -0.1) is 0 Å². The van der Waals surface area contributed by atoms with Crippen LogP contribution in [-0.4, -0.2) is 10.7 Å². The van der Waals surface area contributed by atoms with Crippen LogP contribution in [0.15, 0.2) is 53.7 Å². The Hall–Kier alpha value is -1.96. The van der Waals surface area contributed by atoms with Gasteiger partial charge in [0.25, 0.3) is 0 Å². The van der Waals surface area contributed by atoms with Crippen LogP contribution >= 0.6 is 0 Å². The topological polar surface area (TPSA) is 25.2 Å². The molecule has 1 aliphatic heterocycles. The summed E-state index contributed by atoms with van der Waals surface area (Å²) < 4.78 is 0. The van der Waals surface area contributed by atoms with Crippen molar-refractivity contribution < 1.29 is 0 Å². The molecule has 2 heteroatoms. The molecule has 19 heavy (non-hydrogen) atoms. The molecule has 0 aliphatic carbocycles. The van der Waals surface area contributed by atoms with Gasteiger partial charge in [-0.3, -0.25) is 9.98 Å². The molecular weight excluding hydrogens is 232 g/mol. The lowest BCUT2D eigenvalue weighted by atomic mass is 9.92. The summed E-state index contributed by atoms with van der Waals surface area (Å²) in [4.78, 5) is 9.40. The minimum atomic E-state index is 0.502. The zero-order chi connectivity index (χ0) is 13.1. The van der Waals surface area contributed by atoms with E-state index in [0.717, 1.165) is 36.4 Å². The maximum absolute atomic E-state index is 4.92. The summed E-state index contributed by atoms with van der Waals surface area (Å²) in [5.41, 5.74) is 4.63. The van der Waals surface area contributed by atoms with E-state index in [4.69, 9.17) is 4.99 Å². The van der Waals surface area contributed by atoms with Crippen molar-refractivity contribution in [3.05, 3.63) is 59.9 Å². The van der Waals surface area contributed by atoms with E-state index in [1.807, 2.05) is 18.3 Å². The first-order valence-corrected chi connectivity index (χ1v) is 6.96. The Kier molecular flexibility index (Phi) is 3.41. The third kappa shape index (κ3) is 2.43. The Morgan fingerprint density at radius 1 is 1.11 bits per heavy atom. The summed E-state index contributed by atoms with van der Waals surface area (Å²) >= 11 is 0. The fourth-order valence-corrected chi connectivity index (χ4v) is 2.70. The lowest BCUT2D eigenvalue weighted by Crippen LogP contribution is -2.16. The first-order valence-electron chi connectivity index (χ1n) is 6.96. The summed E-state index contributed by atoms with van der Waals surface area (Å²) in [5.74, 6) is 0.502. The molecule has 0 amide bonds. The molecule has 0 fully saturated rings. The number of aryl methyl sites for hydroxylation is 1. The molecule has 2 nitrogen and oxygen atoms in total. The lowest BCUT2D eigenvalue weighted by Gasteiger charge is -2.14. The summed E-state index contributed by atoms with van der Waals surface area (Å²) in [7, 11) is 0. The van der Waals surface area contributed by atoms with Crippen LogP contribution in [0.4, 0.5) is 5.69 Å². The number of fused-ring (bicyclic) bond motifs is 1. The van der Waals surface area contributed by atoms with Crippen molar-refractivity contribution in [1.82, 2.24) is 4.98 Å². The Labute approximate surface area is 114 Å². The van der Waals surface area contributed by atoms with Gasteiger partial charge in [-0.25, -0.2) is 0 Å². The first kappa shape index (κ1) is 12.1. The number of aliphatic imine (C=N–C) groups is 1. The van der Waals surface area contributed by atoms with Gasteiger partial charge in [0, 0.05) is 12.1 Å². The second kappa shape index (κ2) is 5.35. The van der Waals surface area contributed by atoms with Gasteiger partial charge in [0.1, 0.15) is 0 Å². The quantitative estimate of drug-likeness (QED) is 0.785. The highest BCUT2D eigenvalue weighted by Crippen LogP contribution is 2.30. The SMILES string of the molecule is CCC1CCc2ccccc2N=C1c1ccccn1. The molecular formula is C17H18N2. The van der Waals surface area contributed by atoms with Crippen molar-refractivity contribution in [2.45, 2.75) is 26.2 Å². The van der Waals surface area contributed by atoms with Crippen LogP contribution in [0.5, 0.6) is 0 Å². The molecule has 3 rings (SSSR count). The van der Waals surface area contributed by atoms with E-state index in [0.29, 0.717) is 5.92 Å². The number of hydrogen-bond donors (Lipinski definition) is 0. The number of pyridine rings is 1. The predicted octanol–water partition coefficient (Wildman–Crippen LogP) is 4.17. The summed E-state index contributed by atoms with van der Waals surface area (Å²) in [6.07, 6.45) is 5.22. The van der Waals surface area contributed by atoms with Crippen LogP contribution < -0.4 is 0 Å². The fourth-order valence-electron chi connectivity index (χ4n) is 2.70. The fraction of sp³-hybridized carbons (Fsp3) is 0.294. The van der Waals surface area contributed by atoms with Crippen molar-refractivity contribution in [1.29, 1.82) is 0 Å². The van der Waals surface area contributed by atoms with Crippen molar-refractivity contribution in [3.8, 4) is 0 Å². The third-order valence-electron chi connectivity index (χ3n) is 3.80. The number of hydrogen-bond acceptors (Lipinski definition) is 2. The Bertz CT molecular complexity index is 587. The summed E-state index contributed by atoms with van der Waals surface area (Å²) in [6.45, 7) is 2.24. The van der Waals surface area contributed by atoms with Gasteiger partial charge in [-0.2, -0.15) is 0 Å². The predicted molar refractivity (Wildman–Crippen MR) is 79.0 cm³/mol. The van der Waals surface area contributed by atoms with Crippen molar-refractivity contribution in [2.24, 2.45) is 10.9 Å². The van der Waals surface area contributed by atoms with E-state index >= 15 is 0 Å². The molecule has 0 N–H and O–H groups in total. The van der Waals surface area contributed by atoms with Crippen LogP contribution in [-0.2, 0) is 6.42 Å². The molecule has 0 saturated heterocycles. The standard InChI is InChI=1S/C17H18N2/c1-2-13-10-11-14-7-3-4-8-15(14)19-17(13)16-9-5-6-12-18-16/h3-9,12-13H,2,10-11H2,1H3. The molecule has 0 saturated carbocycles. The zero-order valence-corrected chi connectivity index (χ0v) is 11.2. The van der Waals surface area contributed by atoms with E-state index in [1.165, 1.54) is 5.56 Å². The van der Waals surface area contributed by atoms with E-state index in [2.05, 4.69) is 42.2 Å². The molecule has 0 radical (unpaired) electrons. The van der Waals surface area contributed by atoms with Gasteiger partial charge in [0.05, 0.1) is 17.1 Å². The molecule has 2 heterocycles. The molecule has 1 aromatic heterocycles. The normalized spacial score (nSPS) is 18.4. The maximum atomic E-state index is 4.92. The monoisotopic (exact) mass is 250 g/mol. The summed E-state index contributed by atoms with van der Waals surface area (Å²) in [6, 6.07) is 14.5. The van der Waals surface area contributed by atoms with Crippen molar-refractivity contribution in [3.63, 3.8) is 0 Å². The van der Waals surface area contributed by atoms with Crippen LogP contribution in [0.3, 0.4) is 0 Å². The number of aromatic nitrogens is 1. The summed E-state index contributed by atoms with van der Waals surface area (Å²) in [5, 5.41) is 0. The number of benzene rings is 1. The Balaban J connectivity index is 2.10. The minimum absolute atomic E-state index is 0.502. The van der Waals surface area contributed by atoms with Crippen molar-refractivity contribution in [2.75, 3.05) is 0 Å². The second-order valence-electron chi connectivity index (χ2n) is 4.98. The molecule has 1 aromatic carbocycles. The number of para-hydroxylation sites is 1. The molecule has 1 aliphatic rings. The van der Waals surface area contributed by atoms with Crippen LogP contribution in [0.2, 0.25) is 0 Å². The molecule has 0 spiro atoms. The van der Waals surface area contributed by atoms with Gasteiger partial charge in [-0.1, -0.05) is 31.2 Å². The van der Waals surface area contributed by atoms with E-state index < -0.39 is 0 Å². The molecule has 0 bridgehead atoms. The highest BCUT2D eigenvalue weighted by atomic mass is 14.8. The van der Waals surface area contributed by atoms with E-state index in [1.54, 1.807) is 0 Å². The van der Waals surface area contributed by atoms with Gasteiger partial charge < -0.3 is 0 Å². The average molecular weight is 250 g/mol. The van der Waals surface area contributed by atoms with Crippen molar-refractivity contribution >= 4 is 11.4 Å². The second-order valence-corrected chi connectivity index (χ2v) is 4.98. The first-order chi connectivity index (χ1) is 9.38. The molecule has 96 valence electrons. The number of rotatable bonds is 2. The van der Waals surface area contributed by atoms with E-state index in [9.17, 15) is 0 Å². The Morgan fingerprint density at radius 2 is 1.95 bits per heavy atom. The Morgan fingerprint density at radius 3 is 2.74 bits per heavy atom.